The molecule has 4 rings (SSSR count). The predicted octanol–water partition coefficient (Wildman–Crippen LogP) is 4.11. The summed E-state index contributed by atoms with van der Waals surface area (Å²) in [5.41, 5.74) is 0.618. The Morgan fingerprint density at radius 1 is 1.21 bits per heavy atom. The molecular formula is C24H21N3O6. The highest BCUT2D eigenvalue weighted by atomic mass is 16.5. The number of nitriles is 1. The van der Waals surface area contributed by atoms with E-state index < -0.39 is 11.9 Å². The molecule has 0 saturated carbocycles. The molecule has 0 radical (unpaired) electrons. The number of hydrogen-bond donors (Lipinski definition) is 2. The molecule has 2 aromatic carbocycles. The second-order valence-corrected chi connectivity index (χ2v) is 7.50. The molecule has 168 valence electrons. The standard InChI is InChI=1S/C24H21N3O6/c25-13-15-8-9-19(18(11-15)24(29)30)26-23(28)20-12-22(33-27-20)17-6-1-2-7-21(17)32-14-16-5-3-4-10-31-16/h1-2,6-9,11-12,16H,3-5,10,14H2,(H,26,28)(H,29,30). The van der Waals surface area contributed by atoms with E-state index in [-0.39, 0.29) is 28.6 Å². The van der Waals surface area contributed by atoms with Crippen molar-refractivity contribution in [3.05, 3.63) is 65.4 Å². The van der Waals surface area contributed by atoms with Crippen LogP contribution >= 0.6 is 0 Å². The lowest BCUT2D eigenvalue weighted by molar-refractivity contribution is -0.0109. The topological polar surface area (TPSA) is 135 Å². The number of aromatic nitrogens is 1. The Morgan fingerprint density at radius 3 is 2.82 bits per heavy atom. The van der Waals surface area contributed by atoms with Crippen LogP contribution in [0.1, 0.15) is 45.7 Å². The van der Waals surface area contributed by atoms with Crippen molar-refractivity contribution in [3.8, 4) is 23.1 Å². The summed E-state index contributed by atoms with van der Waals surface area (Å²) < 4.78 is 17.0. The molecule has 1 fully saturated rings. The van der Waals surface area contributed by atoms with Gasteiger partial charge in [0.05, 0.1) is 34.6 Å². The monoisotopic (exact) mass is 447 g/mol. The van der Waals surface area contributed by atoms with E-state index in [4.69, 9.17) is 19.3 Å². The second-order valence-electron chi connectivity index (χ2n) is 7.50. The Hall–Kier alpha value is -4.16. The van der Waals surface area contributed by atoms with Crippen LogP contribution < -0.4 is 10.1 Å². The molecule has 0 bridgehead atoms. The molecular weight excluding hydrogens is 426 g/mol. The van der Waals surface area contributed by atoms with Crippen LogP contribution in [0, 0.1) is 11.3 Å². The van der Waals surface area contributed by atoms with Gasteiger partial charge in [-0.3, -0.25) is 4.79 Å². The highest BCUT2D eigenvalue weighted by Crippen LogP contribution is 2.31. The van der Waals surface area contributed by atoms with E-state index in [1.54, 1.807) is 12.1 Å². The van der Waals surface area contributed by atoms with Crippen LogP contribution in [-0.2, 0) is 4.74 Å². The summed E-state index contributed by atoms with van der Waals surface area (Å²) in [5, 5.41) is 24.7. The maximum Gasteiger partial charge on any atom is 0.337 e. The number of carboxylic acids is 1. The van der Waals surface area contributed by atoms with Crippen LogP contribution in [0.25, 0.3) is 11.3 Å². The van der Waals surface area contributed by atoms with E-state index in [1.807, 2.05) is 18.2 Å². The summed E-state index contributed by atoms with van der Waals surface area (Å²) in [5.74, 6) is -1.00. The normalized spacial score (nSPS) is 15.4. The van der Waals surface area contributed by atoms with E-state index in [2.05, 4.69) is 10.5 Å². The number of para-hydroxylation sites is 1. The van der Waals surface area contributed by atoms with Crippen molar-refractivity contribution in [2.75, 3.05) is 18.5 Å². The third-order valence-electron chi connectivity index (χ3n) is 5.22. The molecule has 1 amide bonds. The average molecular weight is 447 g/mol. The van der Waals surface area contributed by atoms with Crippen molar-refractivity contribution in [1.29, 1.82) is 5.26 Å². The maximum atomic E-state index is 12.7. The number of carbonyl (C=O) groups excluding carboxylic acids is 1. The number of hydrogen-bond acceptors (Lipinski definition) is 7. The van der Waals surface area contributed by atoms with E-state index in [0.29, 0.717) is 23.7 Å². The average Bonchev–Trinajstić information content (AvgIpc) is 3.34. The Morgan fingerprint density at radius 2 is 2.06 bits per heavy atom. The maximum absolute atomic E-state index is 12.7. The van der Waals surface area contributed by atoms with Crippen LogP contribution in [0.15, 0.2) is 53.1 Å². The Kier molecular flexibility index (Phi) is 6.66. The molecule has 1 aliphatic rings. The molecule has 9 nitrogen and oxygen atoms in total. The smallest absolute Gasteiger partial charge is 0.337 e. The molecule has 1 unspecified atom stereocenters. The van der Waals surface area contributed by atoms with Crippen molar-refractivity contribution in [1.82, 2.24) is 5.16 Å². The van der Waals surface area contributed by atoms with Crippen LogP contribution in [0.3, 0.4) is 0 Å². The minimum atomic E-state index is -1.27. The highest BCUT2D eigenvalue weighted by Gasteiger charge is 2.20. The third-order valence-corrected chi connectivity index (χ3v) is 5.22. The zero-order chi connectivity index (χ0) is 23.2. The van der Waals surface area contributed by atoms with Gasteiger partial charge >= 0.3 is 5.97 Å². The van der Waals surface area contributed by atoms with Gasteiger partial charge in [-0.1, -0.05) is 17.3 Å². The molecule has 1 aromatic heterocycles. The zero-order valence-electron chi connectivity index (χ0n) is 17.6. The van der Waals surface area contributed by atoms with E-state index >= 15 is 0 Å². The Labute approximate surface area is 189 Å². The summed E-state index contributed by atoms with van der Waals surface area (Å²) in [7, 11) is 0. The quantitative estimate of drug-likeness (QED) is 0.552. The molecule has 1 atom stereocenters. The van der Waals surface area contributed by atoms with Crippen LogP contribution in [-0.4, -0.2) is 41.5 Å². The molecule has 0 aliphatic carbocycles. The van der Waals surface area contributed by atoms with Crippen molar-refractivity contribution in [2.45, 2.75) is 25.4 Å². The first-order chi connectivity index (χ1) is 16.0. The number of nitrogens with one attached hydrogen (secondary N) is 1. The molecule has 2 N–H and O–H groups in total. The van der Waals surface area contributed by atoms with E-state index in [0.717, 1.165) is 25.9 Å². The molecule has 0 spiro atoms. The SMILES string of the molecule is N#Cc1ccc(NC(=O)c2cc(-c3ccccc3OCC3CCCCO3)on2)c(C(=O)O)c1. The number of carbonyl (C=O) groups is 2. The van der Waals surface area contributed by atoms with Gasteiger partial charge in [0.15, 0.2) is 11.5 Å². The number of rotatable bonds is 7. The zero-order valence-corrected chi connectivity index (χ0v) is 17.6. The Bertz CT molecular complexity index is 1210. The molecule has 33 heavy (non-hydrogen) atoms. The molecule has 9 heteroatoms. The van der Waals surface area contributed by atoms with Gasteiger partial charge in [-0.05, 0) is 49.6 Å². The minimum absolute atomic E-state index is 0.0314. The summed E-state index contributed by atoms with van der Waals surface area (Å²) in [6.45, 7) is 1.15. The fourth-order valence-electron chi connectivity index (χ4n) is 3.51. The van der Waals surface area contributed by atoms with Crippen LogP contribution in [0.4, 0.5) is 5.69 Å². The summed E-state index contributed by atoms with van der Waals surface area (Å²) in [6, 6.07) is 14.5. The van der Waals surface area contributed by atoms with Crippen molar-refractivity contribution < 1.29 is 28.7 Å². The van der Waals surface area contributed by atoms with Gasteiger partial charge < -0.3 is 24.4 Å². The Balaban J connectivity index is 1.50. The lowest BCUT2D eigenvalue weighted by Crippen LogP contribution is -2.25. The molecule has 3 aromatic rings. The molecule has 1 aliphatic heterocycles. The fourth-order valence-corrected chi connectivity index (χ4v) is 3.51. The van der Waals surface area contributed by atoms with Gasteiger partial charge in [-0.15, -0.1) is 0 Å². The first kappa shape index (κ1) is 22.0. The van der Waals surface area contributed by atoms with Crippen LogP contribution in [0.5, 0.6) is 5.75 Å². The molecule has 2 heterocycles. The fraction of sp³-hybridized carbons (Fsp3) is 0.250. The van der Waals surface area contributed by atoms with Gasteiger partial charge in [0.2, 0.25) is 0 Å². The number of amides is 1. The lowest BCUT2D eigenvalue weighted by atomic mass is 10.1. The van der Waals surface area contributed by atoms with Crippen molar-refractivity contribution in [3.63, 3.8) is 0 Å². The number of benzene rings is 2. The molecule has 1 saturated heterocycles. The first-order valence-electron chi connectivity index (χ1n) is 10.4. The van der Waals surface area contributed by atoms with E-state index in [1.165, 1.54) is 24.3 Å². The van der Waals surface area contributed by atoms with Gasteiger partial charge in [-0.2, -0.15) is 5.26 Å². The number of nitrogens with zero attached hydrogens (tertiary/aromatic N) is 2. The summed E-state index contributed by atoms with van der Waals surface area (Å²) in [4.78, 5) is 24.2. The van der Waals surface area contributed by atoms with Gasteiger partial charge in [0.25, 0.3) is 5.91 Å². The number of aromatic carboxylic acids is 1. The highest BCUT2D eigenvalue weighted by molar-refractivity contribution is 6.07. The summed E-state index contributed by atoms with van der Waals surface area (Å²) in [6.07, 6.45) is 3.16. The largest absolute Gasteiger partial charge is 0.490 e. The van der Waals surface area contributed by atoms with Gasteiger partial charge in [0, 0.05) is 12.7 Å². The van der Waals surface area contributed by atoms with E-state index in [9.17, 15) is 14.7 Å². The number of carboxylic acid groups (broad SMARTS) is 1. The summed E-state index contributed by atoms with van der Waals surface area (Å²) >= 11 is 0. The van der Waals surface area contributed by atoms with Gasteiger partial charge in [0.1, 0.15) is 12.4 Å². The van der Waals surface area contributed by atoms with Crippen molar-refractivity contribution in [2.24, 2.45) is 0 Å². The van der Waals surface area contributed by atoms with Crippen LogP contribution in [0.2, 0.25) is 0 Å². The third kappa shape index (κ3) is 5.19. The lowest BCUT2D eigenvalue weighted by Gasteiger charge is -2.23. The number of ether oxygens (including phenoxy) is 2. The first-order valence-corrected chi connectivity index (χ1v) is 10.4. The van der Waals surface area contributed by atoms with Crippen molar-refractivity contribution >= 4 is 17.6 Å². The second kappa shape index (κ2) is 9.97. The van der Waals surface area contributed by atoms with Gasteiger partial charge in [-0.25, -0.2) is 4.79 Å². The minimum Gasteiger partial charge on any atom is -0.490 e. The number of anilines is 1. The predicted molar refractivity (Wildman–Crippen MR) is 117 cm³/mol.